The van der Waals surface area contributed by atoms with Gasteiger partial charge in [0, 0.05) is 11.1 Å². The van der Waals surface area contributed by atoms with E-state index < -0.39 is 0 Å². The van der Waals surface area contributed by atoms with Crippen molar-refractivity contribution in [1.29, 1.82) is 0 Å². The van der Waals surface area contributed by atoms with Crippen LogP contribution < -0.4 is 5.73 Å². The van der Waals surface area contributed by atoms with E-state index in [1.54, 1.807) is 0 Å². The number of hydrogen-bond acceptors (Lipinski definition) is 2. The van der Waals surface area contributed by atoms with Crippen molar-refractivity contribution >= 4 is 0 Å². The Kier molecular flexibility index (Phi) is 2.94. The number of nitrogens with two attached hydrogens (primary N) is 1. The Bertz CT molecular complexity index is 431. The highest BCUT2D eigenvalue weighted by Crippen LogP contribution is 2.50. The summed E-state index contributed by atoms with van der Waals surface area (Å²) in [5.74, 6) is 1.17. The monoisotopic (exact) mass is 233 g/mol. The highest BCUT2D eigenvalue weighted by Gasteiger charge is 2.44. The Labute approximate surface area is 104 Å². The van der Waals surface area contributed by atoms with Gasteiger partial charge in [-0.15, -0.1) is 0 Å². The molecule has 3 N–H and O–H groups in total. The van der Waals surface area contributed by atoms with Crippen molar-refractivity contribution in [3.63, 3.8) is 0 Å². The minimum absolute atomic E-state index is 0.269. The first-order valence-corrected chi connectivity index (χ1v) is 6.52. The number of benzene rings is 1. The van der Waals surface area contributed by atoms with Crippen LogP contribution in [0.15, 0.2) is 12.1 Å². The van der Waals surface area contributed by atoms with Crippen LogP contribution in [-0.2, 0) is 5.54 Å². The lowest BCUT2D eigenvalue weighted by atomic mass is 9.86. The van der Waals surface area contributed by atoms with Gasteiger partial charge in [-0.1, -0.05) is 39.8 Å². The van der Waals surface area contributed by atoms with E-state index in [1.165, 1.54) is 5.56 Å². The molecule has 17 heavy (non-hydrogen) atoms. The second-order valence-corrected chi connectivity index (χ2v) is 5.93. The Morgan fingerprint density at radius 3 is 1.94 bits per heavy atom. The largest absolute Gasteiger partial charge is 0.507 e. The van der Waals surface area contributed by atoms with Crippen molar-refractivity contribution < 1.29 is 5.11 Å². The molecule has 0 atom stereocenters. The van der Waals surface area contributed by atoms with E-state index in [9.17, 15) is 5.11 Å². The first-order valence-electron chi connectivity index (χ1n) is 6.52. The van der Waals surface area contributed by atoms with Crippen LogP contribution >= 0.6 is 0 Å². The molecular formula is C15H23NO. The summed E-state index contributed by atoms with van der Waals surface area (Å²) >= 11 is 0. The van der Waals surface area contributed by atoms with Gasteiger partial charge in [0.05, 0.1) is 0 Å². The van der Waals surface area contributed by atoms with Gasteiger partial charge in [-0.3, -0.25) is 0 Å². The van der Waals surface area contributed by atoms with Crippen LogP contribution in [0, 0.1) is 0 Å². The fourth-order valence-corrected chi connectivity index (χ4v) is 2.48. The van der Waals surface area contributed by atoms with Crippen molar-refractivity contribution in [2.24, 2.45) is 5.73 Å². The van der Waals surface area contributed by atoms with Crippen LogP contribution in [0.5, 0.6) is 5.75 Å². The summed E-state index contributed by atoms with van der Waals surface area (Å²) in [6.45, 7) is 8.51. The van der Waals surface area contributed by atoms with Crippen LogP contribution in [0.2, 0.25) is 0 Å². The molecule has 0 spiro atoms. The third kappa shape index (κ3) is 2.06. The Balaban J connectivity index is 2.61. The van der Waals surface area contributed by atoms with Gasteiger partial charge >= 0.3 is 0 Å². The molecule has 0 aliphatic heterocycles. The number of rotatable bonds is 3. The third-order valence-corrected chi connectivity index (χ3v) is 3.77. The van der Waals surface area contributed by atoms with Crippen molar-refractivity contribution in [3.05, 3.63) is 28.8 Å². The van der Waals surface area contributed by atoms with Gasteiger partial charge in [0.1, 0.15) is 5.75 Å². The summed E-state index contributed by atoms with van der Waals surface area (Å²) in [7, 11) is 0. The second kappa shape index (κ2) is 4.02. The lowest BCUT2D eigenvalue weighted by Crippen LogP contribution is -2.22. The highest BCUT2D eigenvalue weighted by molar-refractivity contribution is 5.53. The number of aromatic hydroxyl groups is 1. The van der Waals surface area contributed by atoms with E-state index in [1.807, 2.05) is 6.07 Å². The van der Waals surface area contributed by atoms with Gasteiger partial charge in [-0.2, -0.15) is 0 Å². The maximum atomic E-state index is 10.5. The van der Waals surface area contributed by atoms with Gasteiger partial charge in [0.25, 0.3) is 0 Å². The Morgan fingerprint density at radius 2 is 1.53 bits per heavy atom. The highest BCUT2D eigenvalue weighted by atomic mass is 16.3. The predicted molar refractivity (Wildman–Crippen MR) is 71.4 cm³/mol. The van der Waals surface area contributed by atoms with Gasteiger partial charge in [-0.25, -0.2) is 0 Å². The maximum Gasteiger partial charge on any atom is 0.124 e. The molecule has 0 amide bonds. The molecule has 2 heteroatoms. The molecule has 1 aliphatic rings. The molecule has 0 aromatic heterocycles. The van der Waals surface area contributed by atoms with Crippen molar-refractivity contribution in [2.45, 2.75) is 57.9 Å². The smallest absolute Gasteiger partial charge is 0.124 e. The topological polar surface area (TPSA) is 46.2 Å². The lowest BCUT2D eigenvalue weighted by Gasteiger charge is -2.22. The molecule has 0 unspecified atom stereocenters. The average molecular weight is 233 g/mol. The van der Waals surface area contributed by atoms with E-state index >= 15 is 0 Å². The molecular weight excluding hydrogens is 210 g/mol. The fourth-order valence-electron chi connectivity index (χ4n) is 2.48. The summed E-state index contributed by atoms with van der Waals surface area (Å²) in [6, 6.07) is 4.19. The molecule has 1 aromatic rings. The SMILES string of the molecule is CC(C)c1ccc(C(C)C)c(C2(N)CC2)c1O. The molecule has 0 heterocycles. The van der Waals surface area contributed by atoms with Gasteiger partial charge in [0.2, 0.25) is 0 Å². The van der Waals surface area contributed by atoms with E-state index in [4.69, 9.17) is 5.73 Å². The van der Waals surface area contributed by atoms with Gasteiger partial charge in [-0.05, 0) is 35.8 Å². The van der Waals surface area contributed by atoms with Gasteiger partial charge in [0.15, 0.2) is 0 Å². The standard InChI is InChI=1S/C15H23NO/c1-9(2)11-5-6-12(10(3)4)14(17)13(11)15(16)7-8-15/h5-6,9-10,17H,7-8,16H2,1-4H3. The van der Waals surface area contributed by atoms with Crippen LogP contribution in [-0.4, -0.2) is 5.11 Å². The summed E-state index contributed by atoms with van der Waals surface area (Å²) < 4.78 is 0. The van der Waals surface area contributed by atoms with Crippen LogP contribution in [0.4, 0.5) is 0 Å². The summed E-state index contributed by atoms with van der Waals surface area (Å²) in [4.78, 5) is 0. The molecule has 1 aromatic carbocycles. The molecule has 0 saturated heterocycles. The zero-order valence-electron chi connectivity index (χ0n) is 11.2. The Hall–Kier alpha value is -1.02. The second-order valence-electron chi connectivity index (χ2n) is 5.93. The summed E-state index contributed by atoms with van der Waals surface area (Å²) in [5.41, 5.74) is 9.26. The molecule has 1 aliphatic carbocycles. The van der Waals surface area contributed by atoms with Crippen molar-refractivity contribution in [3.8, 4) is 5.75 Å². The number of hydrogen-bond donors (Lipinski definition) is 2. The van der Waals surface area contributed by atoms with Crippen LogP contribution in [0.25, 0.3) is 0 Å². The minimum Gasteiger partial charge on any atom is -0.507 e. The normalized spacial score (nSPS) is 17.8. The maximum absolute atomic E-state index is 10.5. The van der Waals surface area contributed by atoms with Crippen LogP contribution in [0.1, 0.15) is 69.1 Å². The first-order chi connectivity index (χ1) is 7.87. The number of phenolic OH excluding ortho intramolecular Hbond substituents is 1. The predicted octanol–water partition coefficient (Wildman–Crippen LogP) is 3.59. The summed E-state index contributed by atoms with van der Waals surface area (Å²) in [5, 5.41) is 10.5. The molecule has 1 saturated carbocycles. The van der Waals surface area contributed by atoms with E-state index in [2.05, 4.69) is 33.8 Å². The molecule has 2 nitrogen and oxygen atoms in total. The number of phenols is 1. The van der Waals surface area contributed by atoms with Crippen molar-refractivity contribution in [1.82, 2.24) is 0 Å². The molecule has 2 rings (SSSR count). The fraction of sp³-hybridized carbons (Fsp3) is 0.600. The third-order valence-electron chi connectivity index (χ3n) is 3.77. The zero-order valence-corrected chi connectivity index (χ0v) is 11.2. The van der Waals surface area contributed by atoms with Crippen LogP contribution in [0.3, 0.4) is 0 Å². The summed E-state index contributed by atoms with van der Waals surface area (Å²) in [6.07, 6.45) is 1.98. The van der Waals surface area contributed by atoms with E-state index in [-0.39, 0.29) is 5.54 Å². The lowest BCUT2D eigenvalue weighted by molar-refractivity contribution is 0.447. The molecule has 0 bridgehead atoms. The minimum atomic E-state index is -0.269. The Morgan fingerprint density at radius 1 is 1.06 bits per heavy atom. The van der Waals surface area contributed by atoms with E-state index in [0.29, 0.717) is 17.6 Å². The quantitative estimate of drug-likeness (QED) is 0.838. The van der Waals surface area contributed by atoms with Crippen molar-refractivity contribution in [2.75, 3.05) is 0 Å². The first kappa shape index (κ1) is 12.4. The molecule has 1 fully saturated rings. The molecule has 0 radical (unpaired) electrons. The molecule has 94 valence electrons. The average Bonchev–Trinajstić information content (AvgIpc) is 2.95. The van der Waals surface area contributed by atoms with E-state index in [0.717, 1.165) is 24.0 Å². The zero-order chi connectivity index (χ0) is 12.8. The van der Waals surface area contributed by atoms with Gasteiger partial charge < -0.3 is 10.8 Å².